The van der Waals surface area contributed by atoms with Crippen molar-refractivity contribution in [3.05, 3.63) is 29.7 Å². The van der Waals surface area contributed by atoms with Gasteiger partial charge in [-0.3, -0.25) is 4.90 Å². The lowest BCUT2D eigenvalue weighted by molar-refractivity contribution is 0.111. The molecule has 7 nitrogen and oxygen atoms in total. The van der Waals surface area contributed by atoms with Crippen LogP contribution in [0.25, 0.3) is 0 Å². The summed E-state index contributed by atoms with van der Waals surface area (Å²) >= 11 is 0. The molecule has 1 saturated heterocycles. The Morgan fingerprint density at radius 2 is 2.08 bits per heavy atom. The van der Waals surface area contributed by atoms with Gasteiger partial charge >= 0.3 is 0 Å². The summed E-state index contributed by atoms with van der Waals surface area (Å²) < 4.78 is 5.55. The second-order valence-corrected chi connectivity index (χ2v) is 6.97. The van der Waals surface area contributed by atoms with E-state index in [1.54, 1.807) is 0 Å². The smallest absolute Gasteiger partial charge is 0.244 e. The Kier molecular flexibility index (Phi) is 5.96. The minimum atomic E-state index is 0.187. The molecule has 25 heavy (non-hydrogen) atoms. The molecule has 1 aliphatic rings. The van der Waals surface area contributed by atoms with Crippen LogP contribution in [0.3, 0.4) is 0 Å². The van der Waals surface area contributed by atoms with Crippen molar-refractivity contribution in [2.45, 2.75) is 65.0 Å². The highest BCUT2D eigenvalue weighted by molar-refractivity contribution is 5.24. The van der Waals surface area contributed by atoms with E-state index in [1.165, 1.54) is 12.8 Å². The Labute approximate surface area is 149 Å². The Balaban J connectivity index is 1.68. The summed E-state index contributed by atoms with van der Waals surface area (Å²) in [6, 6.07) is 0.187. The van der Waals surface area contributed by atoms with Crippen molar-refractivity contribution in [1.82, 2.24) is 25.0 Å². The van der Waals surface area contributed by atoms with Crippen LogP contribution in [0.4, 0.5) is 5.95 Å². The van der Waals surface area contributed by atoms with Gasteiger partial charge in [0.1, 0.15) is 0 Å². The highest BCUT2D eigenvalue weighted by Crippen LogP contribution is 2.31. The maximum atomic E-state index is 5.55. The number of hydrogen-bond acceptors (Lipinski definition) is 7. The van der Waals surface area contributed by atoms with Crippen molar-refractivity contribution in [3.63, 3.8) is 0 Å². The topological polar surface area (TPSA) is 80.0 Å². The maximum absolute atomic E-state index is 5.55. The van der Waals surface area contributed by atoms with Gasteiger partial charge < -0.3 is 9.84 Å². The Bertz CT molecular complexity index is 654. The highest BCUT2D eigenvalue weighted by atomic mass is 16.5. The molecule has 1 N–H and O–H groups in total. The van der Waals surface area contributed by atoms with Gasteiger partial charge in [0.05, 0.1) is 6.04 Å². The molecule has 1 aliphatic heterocycles. The monoisotopic (exact) mass is 344 g/mol. The first-order chi connectivity index (χ1) is 12.2. The fraction of sp³-hybridized carbons (Fsp3) is 0.667. The summed E-state index contributed by atoms with van der Waals surface area (Å²) in [5.74, 6) is 2.51. The third-order valence-corrected chi connectivity index (χ3v) is 4.50. The Hall–Kier alpha value is -2.02. The first-order valence-corrected chi connectivity index (χ1v) is 9.29. The summed E-state index contributed by atoms with van der Waals surface area (Å²) in [6.07, 6.45) is 8.31. The molecule has 0 saturated carbocycles. The van der Waals surface area contributed by atoms with Crippen LogP contribution >= 0.6 is 0 Å². The SMILES string of the molecule is CCCNc1ncc(CN2CCCC[C@H]2c2nc(C(C)C)no2)cn1. The van der Waals surface area contributed by atoms with Gasteiger partial charge in [0.15, 0.2) is 5.82 Å². The zero-order valence-corrected chi connectivity index (χ0v) is 15.4. The normalized spacial score (nSPS) is 18.6. The van der Waals surface area contributed by atoms with E-state index in [0.29, 0.717) is 5.95 Å². The largest absolute Gasteiger partial charge is 0.354 e. The predicted octanol–water partition coefficient (Wildman–Crippen LogP) is 3.53. The summed E-state index contributed by atoms with van der Waals surface area (Å²) in [5.41, 5.74) is 1.11. The van der Waals surface area contributed by atoms with Crippen molar-refractivity contribution in [2.75, 3.05) is 18.4 Å². The lowest BCUT2D eigenvalue weighted by atomic mass is 10.0. The van der Waals surface area contributed by atoms with E-state index in [-0.39, 0.29) is 12.0 Å². The molecule has 1 fully saturated rings. The van der Waals surface area contributed by atoms with Crippen molar-refractivity contribution < 1.29 is 4.52 Å². The van der Waals surface area contributed by atoms with Crippen LogP contribution in [0, 0.1) is 0 Å². The quantitative estimate of drug-likeness (QED) is 0.823. The average molecular weight is 344 g/mol. The first kappa shape index (κ1) is 17.8. The van der Waals surface area contributed by atoms with Gasteiger partial charge in [0.2, 0.25) is 11.8 Å². The molecule has 2 aromatic rings. The number of likely N-dealkylation sites (tertiary alicyclic amines) is 1. The number of aromatic nitrogens is 4. The van der Waals surface area contributed by atoms with Crippen LogP contribution in [0.1, 0.15) is 75.7 Å². The minimum absolute atomic E-state index is 0.187. The zero-order valence-electron chi connectivity index (χ0n) is 15.4. The molecule has 136 valence electrons. The van der Waals surface area contributed by atoms with Crippen molar-refractivity contribution in [1.29, 1.82) is 0 Å². The van der Waals surface area contributed by atoms with Crippen LogP contribution in [0.5, 0.6) is 0 Å². The highest BCUT2D eigenvalue weighted by Gasteiger charge is 2.29. The van der Waals surface area contributed by atoms with Gasteiger partial charge in [-0.1, -0.05) is 32.3 Å². The summed E-state index contributed by atoms with van der Waals surface area (Å²) in [4.78, 5) is 15.8. The van der Waals surface area contributed by atoms with Crippen LogP contribution in [0.2, 0.25) is 0 Å². The number of nitrogens with one attached hydrogen (secondary N) is 1. The molecule has 0 amide bonds. The second-order valence-electron chi connectivity index (χ2n) is 6.97. The van der Waals surface area contributed by atoms with Gasteiger partial charge in [-0.25, -0.2) is 9.97 Å². The molecule has 7 heteroatoms. The molecular formula is C18H28N6O. The molecule has 0 aliphatic carbocycles. The van der Waals surface area contributed by atoms with Crippen molar-refractivity contribution in [3.8, 4) is 0 Å². The third-order valence-electron chi connectivity index (χ3n) is 4.50. The fourth-order valence-electron chi connectivity index (χ4n) is 3.08. The predicted molar refractivity (Wildman–Crippen MR) is 96.2 cm³/mol. The Morgan fingerprint density at radius 3 is 2.76 bits per heavy atom. The molecule has 3 rings (SSSR count). The van der Waals surface area contributed by atoms with E-state index in [9.17, 15) is 0 Å². The molecule has 0 bridgehead atoms. The average Bonchev–Trinajstić information content (AvgIpc) is 3.12. The zero-order chi connectivity index (χ0) is 17.6. The van der Waals surface area contributed by atoms with E-state index < -0.39 is 0 Å². The van der Waals surface area contributed by atoms with E-state index >= 15 is 0 Å². The van der Waals surface area contributed by atoms with Gasteiger partial charge in [-0.2, -0.15) is 4.98 Å². The van der Waals surface area contributed by atoms with E-state index in [1.807, 2.05) is 12.4 Å². The summed E-state index contributed by atoms with van der Waals surface area (Å²) in [5, 5.41) is 7.33. The van der Waals surface area contributed by atoms with E-state index in [0.717, 1.165) is 49.8 Å². The number of anilines is 1. The lowest BCUT2D eigenvalue weighted by Crippen LogP contribution is -2.33. The summed E-state index contributed by atoms with van der Waals surface area (Å²) in [6.45, 7) is 9.01. The Morgan fingerprint density at radius 1 is 1.28 bits per heavy atom. The van der Waals surface area contributed by atoms with Gasteiger partial charge in [-0.15, -0.1) is 0 Å². The summed E-state index contributed by atoms with van der Waals surface area (Å²) in [7, 11) is 0. The first-order valence-electron chi connectivity index (χ1n) is 9.29. The molecule has 0 spiro atoms. The third kappa shape index (κ3) is 4.54. The molecule has 0 unspecified atom stereocenters. The van der Waals surface area contributed by atoms with Crippen molar-refractivity contribution >= 4 is 5.95 Å². The standard InChI is InChI=1S/C18H28N6O/c1-4-8-19-18-20-10-14(11-21-18)12-24-9-6-5-7-15(24)17-22-16(13(2)3)23-25-17/h10-11,13,15H,4-9,12H2,1-3H3,(H,19,20,21)/t15-/m0/s1. The van der Waals surface area contributed by atoms with E-state index in [2.05, 4.69) is 51.1 Å². The molecular weight excluding hydrogens is 316 g/mol. The van der Waals surface area contributed by atoms with Crippen LogP contribution in [-0.2, 0) is 6.54 Å². The maximum Gasteiger partial charge on any atom is 0.244 e. The molecule has 1 atom stereocenters. The van der Waals surface area contributed by atoms with Crippen molar-refractivity contribution in [2.24, 2.45) is 0 Å². The fourth-order valence-corrected chi connectivity index (χ4v) is 3.08. The van der Waals surface area contributed by atoms with Gasteiger partial charge in [0, 0.05) is 37.0 Å². The van der Waals surface area contributed by atoms with Crippen LogP contribution < -0.4 is 5.32 Å². The molecule has 0 aromatic carbocycles. The molecule has 3 heterocycles. The minimum Gasteiger partial charge on any atom is -0.354 e. The molecule has 0 radical (unpaired) electrons. The second kappa shape index (κ2) is 8.38. The van der Waals surface area contributed by atoms with E-state index in [4.69, 9.17) is 4.52 Å². The number of piperidine rings is 1. The number of nitrogens with zero attached hydrogens (tertiary/aromatic N) is 5. The number of hydrogen-bond donors (Lipinski definition) is 1. The van der Waals surface area contributed by atoms with Gasteiger partial charge in [0.25, 0.3) is 0 Å². The molecule has 2 aromatic heterocycles. The number of rotatable bonds is 7. The van der Waals surface area contributed by atoms with Crippen LogP contribution in [-0.4, -0.2) is 38.1 Å². The lowest BCUT2D eigenvalue weighted by Gasteiger charge is -2.33. The van der Waals surface area contributed by atoms with Crippen LogP contribution in [0.15, 0.2) is 16.9 Å². The van der Waals surface area contributed by atoms with Gasteiger partial charge in [-0.05, 0) is 25.8 Å².